The number of nitrogens with two attached hydrogens (primary N) is 1. The molecule has 1 rings (SSSR count). The lowest BCUT2D eigenvalue weighted by Crippen LogP contribution is -2.13. The highest BCUT2D eigenvalue weighted by molar-refractivity contribution is 6.33. The minimum Gasteiger partial charge on any atom is -0.369 e. The average Bonchev–Trinajstić information content (AvgIpc) is 2.03. The fraction of sp³-hybridized carbons (Fsp3) is 0.143. The van der Waals surface area contributed by atoms with E-state index in [-0.39, 0.29) is 5.91 Å². The molecule has 0 spiro atoms. The van der Waals surface area contributed by atoms with Crippen LogP contribution < -0.4 is 5.73 Å². The quantitative estimate of drug-likeness (QED) is 0.730. The summed E-state index contributed by atoms with van der Waals surface area (Å²) in [5.74, 6) is -0.314. The standard InChI is InChI=1S/C7H8N2O.BF3/c8-7(10)5-6-1-3-9-4-2-6;2-1(3)4/h1-4H,5H2,(H2,8,10);. The summed E-state index contributed by atoms with van der Waals surface area (Å²) < 4.78 is 29.0. The van der Waals surface area contributed by atoms with E-state index in [0.29, 0.717) is 6.42 Å². The van der Waals surface area contributed by atoms with Crippen LogP contribution in [0.2, 0.25) is 0 Å². The van der Waals surface area contributed by atoms with E-state index in [2.05, 4.69) is 4.98 Å². The molecule has 0 atom stereocenters. The Morgan fingerprint density at radius 2 is 1.79 bits per heavy atom. The summed E-state index contributed by atoms with van der Waals surface area (Å²) in [6.07, 6.45) is 3.57. The van der Waals surface area contributed by atoms with Crippen molar-refractivity contribution < 1.29 is 17.7 Å². The van der Waals surface area contributed by atoms with Gasteiger partial charge in [0.2, 0.25) is 5.91 Å². The lowest BCUT2D eigenvalue weighted by Gasteiger charge is -1.93. The van der Waals surface area contributed by atoms with Crippen LogP contribution in [0.5, 0.6) is 0 Å². The molecule has 1 amide bonds. The Morgan fingerprint density at radius 3 is 2.14 bits per heavy atom. The van der Waals surface area contributed by atoms with Gasteiger partial charge < -0.3 is 5.73 Å². The number of pyridine rings is 1. The highest BCUT2D eigenvalue weighted by Gasteiger charge is 2.06. The second-order valence-electron chi connectivity index (χ2n) is 2.25. The van der Waals surface area contributed by atoms with Crippen molar-refractivity contribution in [3.8, 4) is 0 Å². The van der Waals surface area contributed by atoms with Gasteiger partial charge in [-0.2, -0.15) is 0 Å². The van der Waals surface area contributed by atoms with Gasteiger partial charge in [-0.25, -0.2) is 0 Å². The maximum absolute atomic E-state index is 10.4. The number of amides is 1. The van der Waals surface area contributed by atoms with Crippen molar-refractivity contribution in [2.24, 2.45) is 5.73 Å². The van der Waals surface area contributed by atoms with Crippen molar-refractivity contribution in [3.05, 3.63) is 30.1 Å². The molecule has 0 radical (unpaired) electrons. The second kappa shape index (κ2) is 6.93. The van der Waals surface area contributed by atoms with Gasteiger partial charge in [-0.15, -0.1) is 0 Å². The largest absolute Gasteiger partial charge is 0.762 e. The second-order valence-corrected chi connectivity index (χ2v) is 2.25. The van der Waals surface area contributed by atoms with Crippen molar-refractivity contribution in [3.63, 3.8) is 0 Å². The molecule has 0 aliphatic heterocycles. The molecule has 0 fully saturated rings. The first-order valence-electron chi connectivity index (χ1n) is 3.61. The van der Waals surface area contributed by atoms with Crippen LogP contribution in [0.15, 0.2) is 24.5 Å². The van der Waals surface area contributed by atoms with Crippen LogP contribution >= 0.6 is 0 Å². The van der Waals surface area contributed by atoms with E-state index in [0.717, 1.165) is 5.56 Å². The van der Waals surface area contributed by atoms with Crippen LogP contribution in [0.25, 0.3) is 0 Å². The van der Waals surface area contributed by atoms with E-state index in [1.54, 1.807) is 24.5 Å². The number of halogens is 3. The summed E-state index contributed by atoms with van der Waals surface area (Å²) in [7, 11) is -3.67. The van der Waals surface area contributed by atoms with Crippen molar-refractivity contribution in [2.75, 3.05) is 0 Å². The first kappa shape index (κ1) is 12.5. The normalized spacial score (nSPS) is 8.50. The molecule has 3 nitrogen and oxygen atoms in total. The maximum atomic E-state index is 10.4. The van der Waals surface area contributed by atoms with Crippen LogP contribution in [-0.2, 0) is 11.2 Å². The van der Waals surface area contributed by atoms with Crippen molar-refractivity contribution in [1.29, 1.82) is 0 Å². The van der Waals surface area contributed by atoms with Crippen molar-refractivity contribution in [1.82, 2.24) is 4.98 Å². The summed E-state index contributed by atoms with van der Waals surface area (Å²) in [4.78, 5) is 14.2. The van der Waals surface area contributed by atoms with Gasteiger partial charge in [-0.3, -0.25) is 22.7 Å². The van der Waals surface area contributed by atoms with Gasteiger partial charge in [0.15, 0.2) is 0 Å². The Morgan fingerprint density at radius 1 is 1.36 bits per heavy atom. The van der Waals surface area contributed by atoms with E-state index in [1.165, 1.54) is 0 Å². The van der Waals surface area contributed by atoms with Gasteiger partial charge in [0.05, 0.1) is 6.42 Å². The van der Waals surface area contributed by atoms with Crippen molar-refractivity contribution in [2.45, 2.75) is 6.42 Å². The lowest BCUT2D eigenvalue weighted by molar-refractivity contribution is -0.117. The van der Waals surface area contributed by atoms with Crippen LogP contribution in [-0.4, -0.2) is 18.4 Å². The minimum atomic E-state index is -3.67. The molecule has 7 heteroatoms. The van der Waals surface area contributed by atoms with Gasteiger partial charge >= 0.3 is 7.54 Å². The van der Waals surface area contributed by atoms with E-state index >= 15 is 0 Å². The van der Waals surface area contributed by atoms with Gasteiger partial charge in [0, 0.05) is 12.4 Å². The number of carbonyl (C=O) groups excluding carboxylic acids is 1. The molecule has 0 saturated heterocycles. The summed E-state index contributed by atoms with van der Waals surface area (Å²) in [5, 5.41) is 0. The third-order valence-corrected chi connectivity index (χ3v) is 1.13. The number of primary amides is 1. The first-order valence-corrected chi connectivity index (χ1v) is 3.61. The van der Waals surface area contributed by atoms with Crippen LogP contribution in [0.1, 0.15) is 5.56 Å². The van der Waals surface area contributed by atoms with Gasteiger partial charge in [0.25, 0.3) is 0 Å². The monoisotopic (exact) mass is 204 g/mol. The fourth-order valence-electron chi connectivity index (χ4n) is 0.702. The van der Waals surface area contributed by atoms with Gasteiger partial charge in [-0.05, 0) is 17.7 Å². The molecule has 0 bridgehead atoms. The summed E-state index contributed by atoms with van der Waals surface area (Å²) >= 11 is 0. The zero-order valence-corrected chi connectivity index (χ0v) is 7.16. The molecule has 1 aromatic heterocycles. The van der Waals surface area contributed by atoms with Crippen LogP contribution in [0.3, 0.4) is 0 Å². The zero-order valence-electron chi connectivity index (χ0n) is 7.16. The molecule has 0 saturated carbocycles. The molecule has 0 aromatic carbocycles. The number of hydrogen-bond acceptors (Lipinski definition) is 2. The summed E-state index contributed by atoms with van der Waals surface area (Å²) in [6, 6.07) is 3.54. The molecule has 14 heavy (non-hydrogen) atoms. The van der Waals surface area contributed by atoms with Gasteiger partial charge in [0.1, 0.15) is 0 Å². The Bertz CT molecular complexity index is 268. The number of hydrogen-bond donors (Lipinski definition) is 1. The third kappa shape index (κ3) is 8.57. The Labute approximate surface area is 79.4 Å². The predicted molar refractivity (Wildman–Crippen MR) is 46.2 cm³/mol. The molecule has 1 heterocycles. The average molecular weight is 204 g/mol. The SMILES string of the molecule is FB(F)F.NC(=O)Cc1ccncc1. The Balaban J connectivity index is 0.000000364. The number of carbonyl (C=O) groups is 1. The number of nitrogens with zero attached hydrogens (tertiary/aromatic N) is 1. The maximum Gasteiger partial charge on any atom is 0.762 e. The molecular formula is C7H8BF3N2O. The molecule has 2 N–H and O–H groups in total. The fourth-order valence-corrected chi connectivity index (χ4v) is 0.702. The smallest absolute Gasteiger partial charge is 0.369 e. The molecular weight excluding hydrogens is 196 g/mol. The lowest BCUT2D eigenvalue weighted by atomic mass is 10.2. The first-order chi connectivity index (χ1) is 6.52. The molecule has 0 aliphatic rings. The van der Waals surface area contributed by atoms with Crippen molar-refractivity contribution >= 4 is 13.5 Å². The summed E-state index contributed by atoms with van der Waals surface area (Å²) in [6.45, 7) is 0. The van der Waals surface area contributed by atoms with Crippen LogP contribution in [0.4, 0.5) is 12.9 Å². The Kier molecular flexibility index (Phi) is 6.18. The third-order valence-electron chi connectivity index (χ3n) is 1.13. The predicted octanol–water partition coefficient (Wildman–Crippen LogP) is 0.989. The zero-order chi connectivity index (χ0) is 11.0. The topological polar surface area (TPSA) is 56.0 Å². The highest BCUT2D eigenvalue weighted by atomic mass is 19.4. The highest BCUT2D eigenvalue weighted by Crippen LogP contribution is 1.95. The molecule has 76 valence electrons. The summed E-state index contributed by atoms with van der Waals surface area (Å²) in [5.41, 5.74) is 5.87. The number of rotatable bonds is 2. The van der Waals surface area contributed by atoms with E-state index in [9.17, 15) is 17.7 Å². The molecule has 0 aliphatic carbocycles. The Hall–Kier alpha value is -1.53. The molecule has 1 aromatic rings. The van der Waals surface area contributed by atoms with E-state index < -0.39 is 7.54 Å². The van der Waals surface area contributed by atoms with Crippen LogP contribution in [0, 0.1) is 0 Å². The number of aromatic nitrogens is 1. The van der Waals surface area contributed by atoms with Gasteiger partial charge in [-0.1, -0.05) is 0 Å². The van der Waals surface area contributed by atoms with E-state index in [4.69, 9.17) is 5.73 Å². The minimum absolute atomic E-state index is 0.294. The van der Waals surface area contributed by atoms with E-state index in [1.807, 2.05) is 0 Å². The molecule has 0 unspecified atom stereocenters.